The summed E-state index contributed by atoms with van der Waals surface area (Å²) in [6.07, 6.45) is 0. The second-order valence-corrected chi connectivity index (χ2v) is 14.8. The van der Waals surface area contributed by atoms with Gasteiger partial charge in [-0.1, -0.05) is 157 Å². The smallest absolute Gasteiger partial charge is 0.332 e. The Labute approximate surface area is 306 Å². The Morgan fingerprint density at radius 1 is 0.558 bits per heavy atom. The van der Waals surface area contributed by atoms with E-state index in [-0.39, 0.29) is 6.85 Å². The van der Waals surface area contributed by atoms with Gasteiger partial charge < -0.3 is 4.81 Å². The van der Waals surface area contributed by atoms with Crippen molar-refractivity contribution in [3.8, 4) is 22.4 Å². The monoisotopic (exact) mass is 677 g/mol. The lowest BCUT2D eigenvalue weighted by atomic mass is 9.45. The predicted molar refractivity (Wildman–Crippen MR) is 227 cm³/mol. The van der Waals surface area contributed by atoms with Gasteiger partial charge in [-0.05, 0) is 50.9 Å². The minimum absolute atomic E-state index is 0.192. The highest BCUT2D eigenvalue weighted by molar-refractivity contribution is 7.27. The van der Waals surface area contributed by atoms with Crippen molar-refractivity contribution in [1.29, 1.82) is 0 Å². The highest BCUT2D eigenvalue weighted by Gasteiger charge is 2.41. The molecule has 0 bridgehead atoms. The standard InChI is InChI=1S/C46H29B2N3S/c47-37-23-11-8-20-33(37)43-34-21-9-12-24-39(34)49-46(50-43)51-44-41(31-18-6-7-19-32(31)45-42(44)35-22-10-13-25-40(35)52-45)36-26-28-14-4-5-15-29(28)27-38(36)48(51)30-16-2-1-3-17-30/h1-27H,47H2. The fourth-order valence-electron chi connectivity index (χ4n) is 8.50. The van der Waals surface area contributed by atoms with Crippen LogP contribution in [0, 0.1) is 0 Å². The van der Waals surface area contributed by atoms with Gasteiger partial charge in [-0.3, -0.25) is 0 Å². The quantitative estimate of drug-likeness (QED) is 0.175. The van der Waals surface area contributed by atoms with E-state index in [9.17, 15) is 0 Å². The molecule has 10 aromatic rings. The minimum atomic E-state index is -0.192. The number of aromatic nitrogens is 2. The van der Waals surface area contributed by atoms with E-state index in [1.807, 2.05) is 11.3 Å². The zero-order valence-electron chi connectivity index (χ0n) is 28.4. The molecule has 0 radical (unpaired) electrons. The van der Waals surface area contributed by atoms with Crippen LogP contribution >= 0.6 is 11.3 Å². The molecule has 0 atom stereocenters. The molecule has 0 N–H and O–H groups in total. The van der Waals surface area contributed by atoms with Crippen LogP contribution in [-0.2, 0) is 0 Å². The van der Waals surface area contributed by atoms with Crippen LogP contribution in [0.2, 0.25) is 0 Å². The minimum Gasteiger partial charge on any atom is -0.345 e. The van der Waals surface area contributed by atoms with Gasteiger partial charge in [0.1, 0.15) is 7.85 Å². The average Bonchev–Trinajstić information content (AvgIpc) is 3.60. The number of benzene rings is 8. The predicted octanol–water partition coefficient (Wildman–Crippen LogP) is 9.15. The van der Waals surface area contributed by atoms with Crippen LogP contribution in [-0.4, -0.2) is 24.7 Å². The summed E-state index contributed by atoms with van der Waals surface area (Å²) in [5.41, 5.74) is 10.3. The van der Waals surface area contributed by atoms with Crippen molar-refractivity contribution < 1.29 is 0 Å². The molecular weight excluding hydrogens is 648 g/mol. The van der Waals surface area contributed by atoms with E-state index in [1.54, 1.807) is 0 Å². The van der Waals surface area contributed by atoms with Gasteiger partial charge in [0.05, 0.1) is 11.2 Å². The Morgan fingerprint density at radius 2 is 1.21 bits per heavy atom. The number of hydrogen-bond donors (Lipinski definition) is 0. The van der Waals surface area contributed by atoms with Crippen molar-refractivity contribution in [2.24, 2.45) is 0 Å². The van der Waals surface area contributed by atoms with Gasteiger partial charge in [-0.15, -0.1) is 11.3 Å². The molecule has 0 fully saturated rings. The van der Waals surface area contributed by atoms with E-state index in [0.717, 1.165) is 27.8 Å². The third-order valence-corrected chi connectivity index (χ3v) is 12.0. The van der Waals surface area contributed by atoms with Gasteiger partial charge in [-0.2, -0.15) is 0 Å². The summed E-state index contributed by atoms with van der Waals surface area (Å²) in [6, 6.07) is 59.3. The first-order valence-corrected chi connectivity index (χ1v) is 18.6. The topological polar surface area (TPSA) is 29.0 Å². The van der Waals surface area contributed by atoms with Crippen LogP contribution < -0.4 is 21.2 Å². The summed E-state index contributed by atoms with van der Waals surface area (Å²) < 4.78 is 2.56. The molecule has 0 saturated carbocycles. The van der Waals surface area contributed by atoms with Crippen molar-refractivity contribution in [2.75, 3.05) is 4.81 Å². The molecular formula is C46H29B2N3S. The number of rotatable bonds is 3. The van der Waals surface area contributed by atoms with E-state index in [1.165, 1.54) is 69.2 Å². The lowest BCUT2D eigenvalue weighted by Crippen LogP contribution is -2.58. The SMILES string of the molecule is Bc1ccccc1-c1nc(N2B(c3ccccc3)c3cc4ccccc4cc3-c3c2c2c4ccccc4sc2c2ccccc32)nc2ccccc12. The average molecular weight is 677 g/mol. The van der Waals surface area contributed by atoms with Gasteiger partial charge >= 0.3 is 6.85 Å². The third kappa shape index (κ3) is 4.28. The summed E-state index contributed by atoms with van der Waals surface area (Å²) >= 11 is 1.88. The zero-order valence-corrected chi connectivity index (χ0v) is 29.2. The number of para-hydroxylation sites is 1. The highest BCUT2D eigenvalue weighted by Crippen LogP contribution is 2.53. The third-order valence-electron chi connectivity index (χ3n) is 10.8. The summed E-state index contributed by atoms with van der Waals surface area (Å²) in [5.74, 6) is 0.692. The first-order valence-electron chi connectivity index (χ1n) is 17.8. The van der Waals surface area contributed by atoms with Gasteiger partial charge in [0.2, 0.25) is 5.95 Å². The molecule has 0 saturated heterocycles. The molecule has 3 heterocycles. The molecule has 240 valence electrons. The van der Waals surface area contributed by atoms with E-state index in [2.05, 4.69) is 176 Å². The van der Waals surface area contributed by atoms with Gasteiger partial charge in [0, 0.05) is 42.2 Å². The maximum Gasteiger partial charge on any atom is 0.332 e. The molecule has 11 rings (SSSR count). The molecule has 1 aliphatic heterocycles. The van der Waals surface area contributed by atoms with Crippen molar-refractivity contribution >= 4 is 107 Å². The Bertz CT molecular complexity index is 3070. The highest BCUT2D eigenvalue weighted by atomic mass is 32.1. The molecule has 0 spiro atoms. The van der Waals surface area contributed by atoms with Crippen molar-refractivity contribution in [2.45, 2.75) is 0 Å². The number of thiophene rings is 1. The molecule has 0 amide bonds. The second-order valence-electron chi connectivity index (χ2n) is 13.7. The van der Waals surface area contributed by atoms with E-state index >= 15 is 0 Å². The van der Waals surface area contributed by atoms with E-state index in [0.29, 0.717) is 5.95 Å². The maximum atomic E-state index is 5.64. The molecule has 6 heteroatoms. The van der Waals surface area contributed by atoms with Crippen LogP contribution in [0.5, 0.6) is 0 Å². The van der Waals surface area contributed by atoms with Crippen LogP contribution in [0.4, 0.5) is 11.6 Å². The summed E-state index contributed by atoms with van der Waals surface area (Å²) in [4.78, 5) is 13.6. The zero-order chi connectivity index (χ0) is 34.3. The first-order chi connectivity index (χ1) is 25.7. The van der Waals surface area contributed by atoms with Crippen molar-refractivity contribution in [1.82, 2.24) is 9.97 Å². The van der Waals surface area contributed by atoms with Crippen LogP contribution in [0.1, 0.15) is 0 Å². The van der Waals surface area contributed by atoms with Gasteiger partial charge in [0.15, 0.2) is 0 Å². The molecule has 1 aliphatic rings. The lowest BCUT2D eigenvalue weighted by molar-refractivity contribution is 1.16. The summed E-state index contributed by atoms with van der Waals surface area (Å²) in [7, 11) is 2.17. The fourth-order valence-corrected chi connectivity index (χ4v) is 9.74. The molecule has 8 aromatic carbocycles. The number of hydrogen-bond acceptors (Lipinski definition) is 4. The van der Waals surface area contributed by atoms with Gasteiger partial charge in [0.25, 0.3) is 0 Å². The number of fused-ring (bicyclic) bond motifs is 12. The molecule has 2 aromatic heterocycles. The van der Waals surface area contributed by atoms with Crippen molar-refractivity contribution in [3.63, 3.8) is 0 Å². The van der Waals surface area contributed by atoms with Crippen LogP contribution in [0.3, 0.4) is 0 Å². The van der Waals surface area contributed by atoms with Crippen LogP contribution in [0.15, 0.2) is 164 Å². The molecule has 0 unspecified atom stereocenters. The second kappa shape index (κ2) is 11.4. The molecule has 0 aliphatic carbocycles. The first kappa shape index (κ1) is 29.5. The van der Waals surface area contributed by atoms with Crippen molar-refractivity contribution in [3.05, 3.63) is 164 Å². The number of nitrogens with zero attached hydrogens (tertiary/aromatic N) is 3. The largest absolute Gasteiger partial charge is 0.345 e. The normalized spacial score (nSPS) is 12.6. The van der Waals surface area contributed by atoms with E-state index in [4.69, 9.17) is 9.97 Å². The lowest BCUT2D eigenvalue weighted by Gasteiger charge is -2.39. The fraction of sp³-hybridized carbons (Fsp3) is 0. The Hall–Kier alpha value is -6.23. The summed E-state index contributed by atoms with van der Waals surface area (Å²) in [6.45, 7) is -0.192. The van der Waals surface area contributed by atoms with Gasteiger partial charge in [-0.25, -0.2) is 9.97 Å². The maximum absolute atomic E-state index is 5.64. The molecule has 3 nitrogen and oxygen atoms in total. The molecule has 52 heavy (non-hydrogen) atoms. The summed E-state index contributed by atoms with van der Waals surface area (Å²) in [5, 5.41) is 8.52. The number of anilines is 2. The Kier molecular flexibility index (Phi) is 6.46. The Balaban J connectivity index is 1.37. The van der Waals surface area contributed by atoms with E-state index < -0.39 is 0 Å². The Morgan fingerprint density at radius 3 is 2.04 bits per heavy atom. The van der Waals surface area contributed by atoms with Crippen LogP contribution in [0.25, 0.3) is 75.0 Å².